The summed E-state index contributed by atoms with van der Waals surface area (Å²) in [5.41, 5.74) is 1.71. The van der Waals surface area contributed by atoms with Gasteiger partial charge in [0, 0.05) is 22.3 Å². The van der Waals surface area contributed by atoms with Crippen LogP contribution in [0.3, 0.4) is 0 Å². The third-order valence-corrected chi connectivity index (χ3v) is 5.17. The molecule has 0 saturated carbocycles. The second-order valence-electron chi connectivity index (χ2n) is 5.55. The number of nitrogens with zero attached hydrogens (tertiary/aromatic N) is 1. The van der Waals surface area contributed by atoms with Crippen LogP contribution in [-0.2, 0) is 10.0 Å². The Morgan fingerprint density at radius 1 is 1.04 bits per heavy atom. The number of aromatic nitrogens is 1. The number of nitrogens with one attached hydrogen (secondary N) is 1. The number of amides is 1. The molecule has 0 aliphatic heterocycles. The molecule has 0 saturated heterocycles. The van der Waals surface area contributed by atoms with E-state index in [0.29, 0.717) is 16.3 Å². The average molecular weight is 422 g/mol. The Hall–Kier alpha value is -2.45. The maximum atomic E-state index is 12.5. The summed E-state index contributed by atoms with van der Waals surface area (Å²) in [7, 11) is -4.05. The lowest BCUT2D eigenvalue weighted by molar-refractivity contribution is 0.102. The van der Waals surface area contributed by atoms with Crippen molar-refractivity contribution in [3.8, 4) is 11.3 Å². The van der Waals surface area contributed by atoms with Crippen LogP contribution < -0.4 is 10.5 Å². The van der Waals surface area contributed by atoms with Crippen LogP contribution in [0, 0.1) is 0 Å². The van der Waals surface area contributed by atoms with Crippen molar-refractivity contribution in [2.24, 2.45) is 5.14 Å². The van der Waals surface area contributed by atoms with E-state index in [2.05, 4.69) is 10.3 Å². The Kier molecular flexibility index (Phi) is 5.48. The molecule has 1 aromatic heterocycles. The van der Waals surface area contributed by atoms with Crippen LogP contribution in [0.15, 0.2) is 65.7 Å². The number of benzene rings is 2. The Morgan fingerprint density at radius 3 is 2.37 bits per heavy atom. The topological polar surface area (TPSA) is 102 Å². The molecule has 0 unspecified atom stereocenters. The molecule has 27 heavy (non-hydrogen) atoms. The summed E-state index contributed by atoms with van der Waals surface area (Å²) in [6.07, 6.45) is 1.62. The van der Waals surface area contributed by atoms with Gasteiger partial charge in [-0.05, 0) is 42.5 Å². The second kappa shape index (κ2) is 7.66. The number of hydrogen-bond donors (Lipinski definition) is 2. The van der Waals surface area contributed by atoms with Gasteiger partial charge in [-0.2, -0.15) is 0 Å². The van der Waals surface area contributed by atoms with Gasteiger partial charge in [0.25, 0.3) is 5.91 Å². The molecule has 0 fully saturated rings. The van der Waals surface area contributed by atoms with Gasteiger partial charge in [0.1, 0.15) is 4.90 Å². The van der Waals surface area contributed by atoms with Crippen molar-refractivity contribution < 1.29 is 13.2 Å². The Labute approximate surface area is 166 Å². The summed E-state index contributed by atoms with van der Waals surface area (Å²) >= 11 is 11.9. The fraction of sp³-hybridized carbons (Fsp3) is 0. The fourth-order valence-electron chi connectivity index (χ4n) is 2.41. The number of carbonyl (C=O) groups excluding carboxylic acids is 1. The van der Waals surface area contributed by atoms with Crippen LogP contribution in [0.4, 0.5) is 5.69 Å². The van der Waals surface area contributed by atoms with Gasteiger partial charge >= 0.3 is 0 Å². The molecule has 138 valence electrons. The van der Waals surface area contributed by atoms with Gasteiger partial charge in [-0.1, -0.05) is 35.3 Å². The zero-order chi connectivity index (χ0) is 19.6. The van der Waals surface area contributed by atoms with Crippen LogP contribution in [0.25, 0.3) is 11.3 Å². The van der Waals surface area contributed by atoms with E-state index >= 15 is 0 Å². The van der Waals surface area contributed by atoms with E-state index in [-0.39, 0.29) is 15.6 Å². The molecular formula is C18H13Cl2N3O3S. The minimum absolute atomic E-state index is 0.0451. The van der Waals surface area contributed by atoms with E-state index in [9.17, 15) is 13.2 Å². The first kappa shape index (κ1) is 19.3. The van der Waals surface area contributed by atoms with Gasteiger partial charge in [0.2, 0.25) is 10.0 Å². The number of halogens is 2. The second-order valence-corrected chi connectivity index (χ2v) is 7.92. The monoisotopic (exact) mass is 421 g/mol. The van der Waals surface area contributed by atoms with Gasteiger partial charge < -0.3 is 5.32 Å². The maximum absolute atomic E-state index is 12.5. The molecule has 0 bridgehead atoms. The zero-order valence-corrected chi connectivity index (χ0v) is 16.0. The third kappa shape index (κ3) is 4.45. The van der Waals surface area contributed by atoms with Crippen molar-refractivity contribution in [1.82, 2.24) is 4.98 Å². The summed E-state index contributed by atoms with van der Waals surface area (Å²) in [6.45, 7) is 0. The molecule has 3 aromatic rings. The van der Waals surface area contributed by atoms with E-state index in [0.717, 1.165) is 5.56 Å². The van der Waals surface area contributed by atoms with Gasteiger partial charge in [-0.3, -0.25) is 9.78 Å². The van der Waals surface area contributed by atoms with Crippen LogP contribution in [0.5, 0.6) is 0 Å². The van der Waals surface area contributed by atoms with E-state index < -0.39 is 15.9 Å². The molecule has 0 atom stereocenters. The molecule has 1 amide bonds. The van der Waals surface area contributed by atoms with Crippen LogP contribution >= 0.6 is 23.2 Å². The molecule has 1 heterocycles. The lowest BCUT2D eigenvalue weighted by Crippen LogP contribution is -2.18. The van der Waals surface area contributed by atoms with Crippen molar-refractivity contribution >= 4 is 44.8 Å². The number of sulfonamides is 1. The van der Waals surface area contributed by atoms with E-state index in [1.54, 1.807) is 42.6 Å². The number of carbonyl (C=O) groups is 1. The highest BCUT2D eigenvalue weighted by Crippen LogP contribution is 2.27. The molecule has 3 rings (SSSR count). The molecule has 2 aromatic carbocycles. The van der Waals surface area contributed by atoms with Crippen molar-refractivity contribution in [3.05, 3.63) is 76.4 Å². The molecule has 0 radical (unpaired) electrons. The molecular weight excluding hydrogens is 409 g/mol. The number of pyridine rings is 1. The quantitative estimate of drug-likeness (QED) is 0.665. The largest absolute Gasteiger partial charge is 0.321 e. The summed E-state index contributed by atoms with van der Waals surface area (Å²) in [6, 6.07) is 14.0. The average Bonchev–Trinajstić information content (AvgIpc) is 2.63. The molecule has 9 heteroatoms. The minimum atomic E-state index is -4.05. The Balaban J connectivity index is 1.87. The number of rotatable bonds is 4. The van der Waals surface area contributed by atoms with Crippen molar-refractivity contribution in [3.63, 3.8) is 0 Å². The standard InChI is InChI=1S/C18H13Cl2N3O3S/c19-13-7-8-15(16(10-13)27(21,25)26)23-18(24)12-5-3-11(4-6-12)17-14(20)2-1-9-22-17/h1-10H,(H,23,24)(H2,21,25,26). The highest BCUT2D eigenvalue weighted by molar-refractivity contribution is 7.89. The molecule has 0 aliphatic rings. The first-order chi connectivity index (χ1) is 12.8. The SMILES string of the molecule is NS(=O)(=O)c1cc(Cl)ccc1NC(=O)c1ccc(-c2ncccc2Cl)cc1. The highest BCUT2D eigenvalue weighted by atomic mass is 35.5. The van der Waals surface area contributed by atoms with Crippen LogP contribution in [0.1, 0.15) is 10.4 Å². The molecule has 3 N–H and O–H groups in total. The maximum Gasteiger partial charge on any atom is 0.255 e. The van der Waals surface area contributed by atoms with Gasteiger partial charge in [-0.15, -0.1) is 0 Å². The van der Waals surface area contributed by atoms with Crippen LogP contribution in [0.2, 0.25) is 10.0 Å². The number of nitrogens with two attached hydrogens (primary N) is 1. The predicted molar refractivity (Wildman–Crippen MR) is 105 cm³/mol. The lowest BCUT2D eigenvalue weighted by Gasteiger charge is -2.11. The van der Waals surface area contributed by atoms with Gasteiger partial charge in [0.05, 0.1) is 16.4 Å². The van der Waals surface area contributed by atoms with Crippen molar-refractivity contribution in [2.45, 2.75) is 4.90 Å². The highest BCUT2D eigenvalue weighted by Gasteiger charge is 2.17. The molecule has 6 nitrogen and oxygen atoms in total. The van der Waals surface area contributed by atoms with Gasteiger partial charge in [-0.25, -0.2) is 13.6 Å². The Bertz CT molecular complexity index is 1120. The number of primary sulfonamides is 1. The van der Waals surface area contributed by atoms with Crippen molar-refractivity contribution in [2.75, 3.05) is 5.32 Å². The smallest absolute Gasteiger partial charge is 0.255 e. The first-order valence-corrected chi connectivity index (χ1v) is 9.90. The van der Waals surface area contributed by atoms with Crippen LogP contribution in [-0.4, -0.2) is 19.3 Å². The molecule has 0 aliphatic carbocycles. The van der Waals surface area contributed by atoms with E-state index in [4.69, 9.17) is 28.3 Å². The zero-order valence-electron chi connectivity index (χ0n) is 13.7. The number of hydrogen-bond acceptors (Lipinski definition) is 4. The fourth-order valence-corrected chi connectivity index (χ4v) is 3.59. The third-order valence-electron chi connectivity index (χ3n) is 3.68. The Morgan fingerprint density at radius 2 is 1.74 bits per heavy atom. The van der Waals surface area contributed by atoms with E-state index in [1.165, 1.54) is 18.2 Å². The molecule has 0 spiro atoms. The normalized spacial score (nSPS) is 11.2. The van der Waals surface area contributed by atoms with E-state index in [1.807, 2.05) is 0 Å². The predicted octanol–water partition coefficient (Wildman–Crippen LogP) is 3.96. The summed E-state index contributed by atoms with van der Waals surface area (Å²) < 4.78 is 23.4. The lowest BCUT2D eigenvalue weighted by atomic mass is 10.1. The summed E-state index contributed by atoms with van der Waals surface area (Å²) in [5, 5.41) is 8.40. The van der Waals surface area contributed by atoms with Gasteiger partial charge in [0.15, 0.2) is 0 Å². The number of anilines is 1. The summed E-state index contributed by atoms with van der Waals surface area (Å²) in [4.78, 5) is 16.4. The first-order valence-electron chi connectivity index (χ1n) is 7.60. The minimum Gasteiger partial charge on any atom is -0.321 e. The summed E-state index contributed by atoms with van der Waals surface area (Å²) in [5.74, 6) is -0.499. The van der Waals surface area contributed by atoms with Crippen molar-refractivity contribution in [1.29, 1.82) is 0 Å².